The molecule has 0 bridgehead atoms. The molecule has 0 amide bonds. The molecular weight excluding hydrogens is 324 g/mol. The van der Waals surface area contributed by atoms with Gasteiger partial charge in [-0.1, -0.05) is 28.9 Å². The third-order valence-corrected chi connectivity index (χ3v) is 4.64. The zero-order valence-corrected chi connectivity index (χ0v) is 14.6. The fourth-order valence-electron chi connectivity index (χ4n) is 2.36. The van der Waals surface area contributed by atoms with E-state index in [1.807, 2.05) is 37.4 Å². The molecule has 0 atom stereocenters. The second-order valence-electron chi connectivity index (χ2n) is 5.65. The molecule has 0 spiro atoms. The molecule has 0 aliphatic heterocycles. The van der Waals surface area contributed by atoms with Gasteiger partial charge in [-0.15, -0.1) is 11.3 Å². The van der Waals surface area contributed by atoms with Gasteiger partial charge < -0.3 is 9.26 Å². The molecule has 3 aromatic rings. The molecule has 2 aromatic heterocycles. The van der Waals surface area contributed by atoms with E-state index in [0.717, 1.165) is 27.5 Å². The van der Waals surface area contributed by atoms with Crippen LogP contribution in [0.2, 0.25) is 0 Å². The summed E-state index contributed by atoms with van der Waals surface area (Å²) in [4.78, 5) is 16.6. The van der Waals surface area contributed by atoms with Crippen molar-refractivity contribution in [3.05, 3.63) is 57.9 Å². The van der Waals surface area contributed by atoms with Crippen LogP contribution in [0.3, 0.4) is 0 Å². The van der Waals surface area contributed by atoms with Crippen molar-refractivity contribution in [1.29, 1.82) is 0 Å². The normalized spacial score (nSPS) is 10.8. The van der Waals surface area contributed by atoms with Gasteiger partial charge in [0.2, 0.25) is 0 Å². The highest BCUT2D eigenvalue weighted by Crippen LogP contribution is 2.24. The van der Waals surface area contributed by atoms with Gasteiger partial charge in [-0.05, 0) is 26.8 Å². The Bertz CT molecular complexity index is 847. The first-order chi connectivity index (χ1) is 11.5. The van der Waals surface area contributed by atoms with Crippen molar-refractivity contribution in [2.45, 2.75) is 33.8 Å². The minimum atomic E-state index is -0.309. The summed E-state index contributed by atoms with van der Waals surface area (Å²) in [6.45, 7) is 5.85. The lowest BCUT2D eigenvalue weighted by Crippen LogP contribution is -2.09. The number of aromatic nitrogens is 2. The Kier molecular flexibility index (Phi) is 4.76. The molecule has 0 radical (unpaired) electrons. The highest BCUT2D eigenvalue weighted by molar-refractivity contribution is 7.13. The fraction of sp³-hybridized carbons (Fsp3) is 0.278. The minimum absolute atomic E-state index is 0.158. The number of rotatable bonds is 5. The van der Waals surface area contributed by atoms with E-state index in [0.29, 0.717) is 5.76 Å². The van der Waals surface area contributed by atoms with Crippen molar-refractivity contribution < 1.29 is 14.1 Å². The molecular formula is C18H18N2O3S. The first kappa shape index (κ1) is 16.4. The molecule has 124 valence electrons. The number of hydrogen-bond donors (Lipinski definition) is 0. The van der Waals surface area contributed by atoms with E-state index in [2.05, 4.69) is 16.2 Å². The van der Waals surface area contributed by atoms with E-state index in [1.54, 1.807) is 6.92 Å². The van der Waals surface area contributed by atoms with Gasteiger partial charge in [0.25, 0.3) is 0 Å². The summed E-state index contributed by atoms with van der Waals surface area (Å²) in [6, 6.07) is 8.15. The number of esters is 1. The molecule has 6 heteroatoms. The summed E-state index contributed by atoms with van der Waals surface area (Å²) in [5.74, 6) is 0.367. The Labute approximate surface area is 144 Å². The van der Waals surface area contributed by atoms with E-state index in [9.17, 15) is 4.79 Å². The minimum Gasteiger partial charge on any atom is -0.460 e. The average molecular weight is 342 g/mol. The highest BCUT2D eigenvalue weighted by Gasteiger charge is 2.14. The number of nitrogens with zero attached hydrogens (tertiary/aromatic N) is 2. The zero-order valence-electron chi connectivity index (χ0n) is 13.8. The smallest absolute Gasteiger partial charge is 0.312 e. The number of aryl methyl sites for hydroxylation is 3. The van der Waals surface area contributed by atoms with Crippen LogP contribution in [0.5, 0.6) is 0 Å². The lowest BCUT2D eigenvalue weighted by molar-refractivity contribution is -0.144. The number of thiazole rings is 1. The molecule has 0 saturated heterocycles. The maximum atomic E-state index is 12.0. The Morgan fingerprint density at radius 1 is 1.29 bits per heavy atom. The van der Waals surface area contributed by atoms with Crippen molar-refractivity contribution in [3.63, 3.8) is 0 Å². The predicted octanol–water partition coefficient (Wildman–Crippen LogP) is 4.01. The SMILES string of the molecule is Cc1cccc(-c2nc(CC(=O)OCc3c(C)noc3C)cs2)c1. The van der Waals surface area contributed by atoms with Crippen LogP contribution < -0.4 is 0 Å². The lowest BCUT2D eigenvalue weighted by Gasteiger charge is -2.03. The van der Waals surface area contributed by atoms with E-state index in [1.165, 1.54) is 16.9 Å². The molecule has 0 fully saturated rings. The summed E-state index contributed by atoms with van der Waals surface area (Å²) < 4.78 is 10.4. The first-order valence-corrected chi connectivity index (χ1v) is 8.49. The van der Waals surface area contributed by atoms with E-state index < -0.39 is 0 Å². The molecule has 3 rings (SSSR count). The van der Waals surface area contributed by atoms with Crippen LogP contribution in [-0.4, -0.2) is 16.1 Å². The topological polar surface area (TPSA) is 65.2 Å². The van der Waals surface area contributed by atoms with Gasteiger partial charge in [0.05, 0.1) is 23.4 Å². The van der Waals surface area contributed by atoms with E-state index >= 15 is 0 Å². The number of carbonyl (C=O) groups is 1. The summed E-state index contributed by atoms with van der Waals surface area (Å²) in [5, 5.41) is 6.65. The van der Waals surface area contributed by atoms with Crippen LogP contribution in [0.4, 0.5) is 0 Å². The summed E-state index contributed by atoms with van der Waals surface area (Å²) >= 11 is 1.53. The van der Waals surface area contributed by atoms with E-state index in [-0.39, 0.29) is 19.0 Å². The number of carbonyl (C=O) groups excluding carboxylic acids is 1. The van der Waals surface area contributed by atoms with Crippen molar-refractivity contribution in [1.82, 2.24) is 10.1 Å². The molecule has 0 N–H and O–H groups in total. The number of benzene rings is 1. The number of hydrogen-bond acceptors (Lipinski definition) is 6. The fourth-order valence-corrected chi connectivity index (χ4v) is 3.18. The molecule has 2 heterocycles. The van der Waals surface area contributed by atoms with Gasteiger partial charge in [-0.25, -0.2) is 4.98 Å². The molecule has 5 nitrogen and oxygen atoms in total. The van der Waals surface area contributed by atoms with Crippen LogP contribution in [0.25, 0.3) is 10.6 Å². The van der Waals surface area contributed by atoms with Gasteiger partial charge in [0.1, 0.15) is 17.4 Å². The maximum absolute atomic E-state index is 12.0. The average Bonchev–Trinajstić information content (AvgIpc) is 3.13. The Balaban J connectivity index is 1.61. The largest absolute Gasteiger partial charge is 0.460 e. The van der Waals surface area contributed by atoms with Gasteiger partial charge in [-0.2, -0.15) is 0 Å². The second kappa shape index (κ2) is 6.97. The molecule has 0 unspecified atom stereocenters. The van der Waals surface area contributed by atoms with Crippen molar-refractivity contribution in [3.8, 4) is 10.6 Å². The summed E-state index contributed by atoms with van der Waals surface area (Å²) in [7, 11) is 0. The van der Waals surface area contributed by atoms with E-state index in [4.69, 9.17) is 9.26 Å². The Morgan fingerprint density at radius 3 is 2.83 bits per heavy atom. The molecule has 1 aromatic carbocycles. The van der Waals surface area contributed by atoms with Crippen molar-refractivity contribution >= 4 is 17.3 Å². The number of ether oxygens (including phenoxy) is 1. The van der Waals surface area contributed by atoms with Crippen LogP contribution in [0, 0.1) is 20.8 Å². The maximum Gasteiger partial charge on any atom is 0.312 e. The van der Waals surface area contributed by atoms with Crippen LogP contribution >= 0.6 is 11.3 Å². The predicted molar refractivity (Wildman–Crippen MR) is 91.8 cm³/mol. The summed E-state index contributed by atoms with van der Waals surface area (Å²) in [6.07, 6.45) is 0.158. The highest BCUT2D eigenvalue weighted by atomic mass is 32.1. The van der Waals surface area contributed by atoms with Crippen LogP contribution in [0.15, 0.2) is 34.2 Å². The summed E-state index contributed by atoms with van der Waals surface area (Å²) in [5.41, 5.74) is 4.54. The Morgan fingerprint density at radius 2 is 2.12 bits per heavy atom. The van der Waals surface area contributed by atoms with Crippen LogP contribution in [-0.2, 0) is 22.6 Å². The lowest BCUT2D eigenvalue weighted by atomic mass is 10.1. The quantitative estimate of drug-likeness (QED) is 0.656. The van der Waals surface area contributed by atoms with Crippen LogP contribution in [0.1, 0.15) is 28.3 Å². The standard InChI is InChI=1S/C18H18N2O3S/c1-11-5-4-6-14(7-11)18-19-15(10-24-18)8-17(21)22-9-16-12(2)20-23-13(16)3/h4-7,10H,8-9H2,1-3H3. The van der Waals surface area contributed by atoms with Gasteiger partial charge >= 0.3 is 5.97 Å². The molecule has 0 aliphatic carbocycles. The molecule has 0 saturated carbocycles. The molecule has 24 heavy (non-hydrogen) atoms. The Hall–Kier alpha value is -2.47. The van der Waals surface area contributed by atoms with Gasteiger partial charge in [0, 0.05) is 10.9 Å². The zero-order chi connectivity index (χ0) is 17.1. The monoisotopic (exact) mass is 342 g/mol. The van der Waals surface area contributed by atoms with Crippen molar-refractivity contribution in [2.75, 3.05) is 0 Å². The van der Waals surface area contributed by atoms with Gasteiger partial charge in [0.15, 0.2) is 0 Å². The first-order valence-electron chi connectivity index (χ1n) is 7.61. The second-order valence-corrected chi connectivity index (χ2v) is 6.51. The molecule has 0 aliphatic rings. The third kappa shape index (κ3) is 3.71. The van der Waals surface area contributed by atoms with Crippen molar-refractivity contribution in [2.24, 2.45) is 0 Å². The van der Waals surface area contributed by atoms with Gasteiger partial charge in [-0.3, -0.25) is 4.79 Å². The third-order valence-electron chi connectivity index (χ3n) is 3.70.